The number of benzene rings is 1. The predicted molar refractivity (Wildman–Crippen MR) is 108 cm³/mol. The van der Waals surface area contributed by atoms with E-state index in [1.54, 1.807) is 7.11 Å². The Labute approximate surface area is 165 Å². The highest BCUT2D eigenvalue weighted by atomic mass is 16.5. The van der Waals surface area contributed by atoms with Gasteiger partial charge in [-0.15, -0.1) is 0 Å². The van der Waals surface area contributed by atoms with Gasteiger partial charge in [0.2, 0.25) is 5.91 Å². The third-order valence-corrected chi connectivity index (χ3v) is 6.66. The first kappa shape index (κ1) is 19.0. The number of nitrogens with zero attached hydrogens (tertiary/aromatic N) is 2. The Hall–Kier alpha value is -2.34. The molecule has 2 aliphatic rings. The zero-order valence-electron chi connectivity index (χ0n) is 16.9. The molecule has 1 aliphatic heterocycles. The number of hydrogen-bond acceptors (Lipinski definition) is 3. The number of likely N-dealkylation sites (tertiary alicyclic amines) is 1. The van der Waals surface area contributed by atoms with Crippen LogP contribution in [0.1, 0.15) is 49.4 Å². The van der Waals surface area contributed by atoms with Gasteiger partial charge in [0.25, 0.3) is 5.91 Å². The molecule has 1 aliphatic carbocycles. The molecule has 6 nitrogen and oxygen atoms in total. The van der Waals surface area contributed by atoms with Crippen molar-refractivity contribution in [1.29, 1.82) is 0 Å². The number of aryl methyl sites for hydroxylation is 1. The molecule has 1 saturated carbocycles. The van der Waals surface area contributed by atoms with Gasteiger partial charge in [0.05, 0.1) is 17.2 Å². The lowest BCUT2D eigenvalue weighted by atomic mass is 9.78. The van der Waals surface area contributed by atoms with Crippen LogP contribution in [0.5, 0.6) is 0 Å². The minimum atomic E-state index is -0.298. The molecule has 3 atom stereocenters. The number of para-hydroxylation sites is 1. The third kappa shape index (κ3) is 3.00. The van der Waals surface area contributed by atoms with Crippen LogP contribution < -0.4 is 5.32 Å². The molecule has 2 aromatic rings. The summed E-state index contributed by atoms with van der Waals surface area (Å²) < 4.78 is 7.99. The Morgan fingerprint density at radius 1 is 1.29 bits per heavy atom. The second-order valence-corrected chi connectivity index (χ2v) is 8.10. The van der Waals surface area contributed by atoms with Crippen molar-refractivity contribution in [3.8, 4) is 0 Å². The van der Waals surface area contributed by atoms with E-state index in [0.29, 0.717) is 13.0 Å². The van der Waals surface area contributed by atoms with E-state index in [1.807, 2.05) is 53.9 Å². The number of rotatable bonds is 4. The van der Waals surface area contributed by atoms with Crippen LogP contribution in [0, 0.1) is 0 Å². The van der Waals surface area contributed by atoms with Crippen molar-refractivity contribution in [3.63, 3.8) is 0 Å². The van der Waals surface area contributed by atoms with Crippen LogP contribution >= 0.6 is 0 Å². The molecule has 150 valence electrons. The fourth-order valence-corrected chi connectivity index (χ4v) is 5.07. The molecule has 0 radical (unpaired) electrons. The highest BCUT2D eigenvalue weighted by Crippen LogP contribution is 2.43. The summed E-state index contributed by atoms with van der Waals surface area (Å²) in [4.78, 5) is 27.4. The van der Waals surface area contributed by atoms with Crippen molar-refractivity contribution < 1.29 is 14.3 Å². The average molecular weight is 383 g/mol. The van der Waals surface area contributed by atoms with Crippen LogP contribution in [0.25, 0.3) is 10.9 Å². The molecule has 6 heteroatoms. The Morgan fingerprint density at radius 3 is 2.82 bits per heavy atom. The first-order valence-electron chi connectivity index (χ1n) is 10.2. The van der Waals surface area contributed by atoms with Gasteiger partial charge in [-0.05, 0) is 31.7 Å². The van der Waals surface area contributed by atoms with Crippen molar-refractivity contribution in [2.45, 2.75) is 56.7 Å². The molecule has 0 spiro atoms. The number of fused-ring (bicyclic) bond motifs is 2. The number of amides is 2. The van der Waals surface area contributed by atoms with Crippen molar-refractivity contribution in [2.24, 2.45) is 7.05 Å². The fourth-order valence-electron chi connectivity index (χ4n) is 5.07. The third-order valence-electron chi connectivity index (χ3n) is 6.66. The lowest BCUT2D eigenvalue weighted by Crippen LogP contribution is -2.55. The van der Waals surface area contributed by atoms with Crippen molar-refractivity contribution >= 4 is 22.7 Å². The van der Waals surface area contributed by atoms with Gasteiger partial charge in [-0.3, -0.25) is 9.59 Å². The number of aromatic nitrogens is 1. The van der Waals surface area contributed by atoms with Gasteiger partial charge in [-0.2, -0.15) is 0 Å². The molecule has 2 fully saturated rings. The van der Waals surface area contributed by atoms with Gasteiger partial charge >= 0.3 is 0 Å². The first-order chi connectivity index (χ1) is 13.5. The number of carbonyl (C=O) groups excluding carboxylic acids is 2. The number of methoxy groups -OCH3 is 1. The Balaban J connectivity index is 1.63. The van der Waals surface area contributed by atoms with Crippen molar-refractivity contribution in [3.05, 3.63) is 36.0 Å². The van der Waals surface area contributed by atoms with E-state index in [2.05, 4.69) is 5.32 Å². The largest absolute Gasteiger partial charge is 0.376 e. The van der Waals surface area contributed by atoms with E-state index in [1.165, 1.54) is 0 Å². The maximum absolute atomic E-state index is 13.5. The van der Waals surface area contributed by atoms with Crippen LogP contribution in [0.3, 0.4) is 0 Å². The van der Waals surface area contributed by atoms with Crippen LogP contribution in [-0.4, -0.2) is 52.6 Å². The van der Waals surface area contributed by atoms with Gasteiger partial charge in [-0.25, -0.2) is 0 Å². The summed E-state index contributed by atoms with van der Waals surface area (Å²) in [6.45, 7) is 2.55. The first-order valence-corrected chi connectivity index (χ1v) is 10.2. The maximum atomic E-state index is 13.5. The Kier molecular flexibility index (Phi) is 4.91. The van der Waals surface area contributed by atoms with Gasteiger partial charge in [0, 0.05) is 50.3 Å². The lowest BCUT2D eigenvalue weighted by Gasteiger charge is -2.43. The van der Waals surface area contributed by atoms with Gasteiger partial charge in [0.1, 0.15) is 0 Å². The van der Waals surface area contributed by atoms with Crippen LogP contribution in [0.15, 0.2) is 30.5 Å². The minimum Gasteiger partial charge on any atom is -0.376 e. The summed E-state index contributed by atoms with van der Waals surface area (Å²) >= 11 is 0. The highest BCUT2D eigenvalue weighted by molar-refractivity contribution is 6.07. The molecular formula is C22H29N3O3. The quantitative estimate of drug-likeness (QED) is 0.883. The topological polar surface area (TPSA) is 63.6 Å². The summed E-state index contributed by atoms with van der Waals surface area (Å²) in [5, 5.41) is 4.10. The van der Waals surface area contributed by atoms with Crippen LogP contribution in [0.2, 0.25) is 0 Å². The predicted octanol–water partition coefficient (Wildman–Crippen LogP) is 2.86. The summed E-state index contributed by atoms with van der Waals surface area (Å²) in [5.74, 6) is 0.128. The monoisotopic (exact) mass is 383 g/mol. The smallest absolute Gasteiger partial charge is 0.256 e. The van der Waals surface area contributed by atoms with Crippen LogP contribution in [-0.2, 0) is 16.6 Å². The van der Waals surface area contributed by atoms with Gasteiger partial charge in [0.15, 0.2) is 0 Å². The molecule has 1 N–H and O–H groups in total. The lowest BCUT2D eigenvalue weighted by molar-refractivity contribution is -0.122. The van der Waals surface area contributed by atoms with E-state index in [-0.39, 0.29) is 29.5 Å². The molecule has 1 aromatic heterocycles. The van der Waals surface area contributed by atoms with Crippen molar-refractivity contribution in [2.75, 3.05) is 13.7 Å². The number of carbonyl (C=O) groups is 2. The van der Waals surface area contributed by atoms with E-state index in [9.17, 15) is 9.59 Å². The maximum Gasteiger partial charge on any atom is 0.256 e. The normalized spacial score (nSPS) is 27.0. The second-order valence-electron chi connectivity index (χ2n) is 8.10. The second kappa shape index (κ2) is 7.24. The van der Waals surface area contributed by atoms with E-state index < -0.39 is 0 Å². The average Bonchev–Trinajstić information content (AvgIpc) is 3.26. The SMILES string of the molecule is CCC(=O)N[C@@H]1CC[C@@]2(OC)CCN(C(=O)c3cn(C)c4ccccc34)[C@H]2C1. The number of nitrogens with one attached hydrogen (secondary N) is 1. The minimum absolute atomic E-state index is 0.0140. The van der Waals surface area contributed by atoms with Gasteiger partial charge < -0.3 is 19.5 Å². The number of ether oxygens (including phenoxy) is 1. The fraction of sp³-hybridized carbons (Fsp3) is 0.545. The van der Waals surface area contributed by atoms with E-state index in [4.69, 9.17) is 4.74 Å². The standard InChI is InChI=1S/C22H29N3O3/c1-4-20(26)23-15-9-10-22(28-3)11-12-25(19(22)13-15)21(27)17-14-24(2)18-8-6-5-7-16(17)18/h5-8,14-15,19H,4,9-13H2,1-3H3,(H,23,26)/t15-,19+,22-/m1/s1. The summed E-state index contributed by atoms with van der Waals surface area (Å²) in [6, 6.07) is 8.09. The summed E-state index contributed by atoms with van der Waals surface area (Å²) in [6.07, 6.45) is 5.76. The van der Waals surface area contributed by atoms with Crippen LogP contribution in [0.4, 0.5) is 0 Å². The Morgan fingerprint density at radius 2 is 2.07 bits per heavy atom. The molecule has 0 bridgehead atoms. The van der Waals surface area contributed by atoms with Crippen molar-refractivity contribution in [1.82, 2.24) is 14.8 Å². The zero-order chi connectivity index (χ0) is 19.9. The molecule has 28 heavy (non-hydrogen) atoms. The van der Waals surface area contributed by atoms with Gasteiger partial charge in [-0.1, -0.05) is 25.1 Å². The molecule has 1 aromatic carbocycles. The molecular weight excluding hydrogens is 354 g/mol. The molecule has 0 unspecified atom stereocenters. The zero-order valence-corrected chi connectivity index (χ0v) is 16.9. The molecule has 2 amide bonds. The summed E-state index contributed by atoms with van der Waals surface area (Å²) in [7, 11) is 3.73. The molecule has 4 rings (SSSR count). The highest BCUT2D eigenvalue weighted by Gasteiger charge is 2.52. The molecule has 1 saturated heterocycles. The van der Waals surface area contributed by atoms with E-state index >= 15 is 0 Å². The molecule has 2 heterocycles. The van der Waals surface area contributed by atoms with E-state index in [0.717, 1.165) is 42.1 Å². The number of hydrogen-bond donors (Lipinski definition) is 1. The summed E-state index contributed by atoms with van der Waals surface area (Å²) in [5.41, 5.74) is 1.50. The Bertz CT molecular complexity index is 906.